The van der Waals surface area contributed by atoms with Crippen LogP contribution in [0.4, 0.5) is 5.69 Å². The molecule has 1 aliphatic carbocycles. The number of amidine groups is 1. The van der Waals surface area contributed by atoms with Gasteiger partial charge in [-0.2, -0.15) is 12.6 Å². The van der Waals surface area contributed by atoms with Crippen LogP contribution in [0.5, 0.6) is 0 Å². The Balaban J connectivity index is 0. The van der Waals surface area contributed by atoms with E-state index in [1.54, 1.807) is 25.9 Å². The van der Waals surface area contributed by atoms with Gasteiger partial charge < -0.3 is 26.3 Å². The molecule has 0 amide bonds. The number of piperidine rings is 1. The third-order valence-corrected chi connectivity index (χ3v) is 6.98. The Labute approximate surface area is 239 Å². The van der Waals surface area contributed by atoms with E-state index in [0.717, 1.165) is 18.6 Å². The number of rotatable bonds is 2. The van der Waals surface area contributed by atoms with Crippen LogP contribution in [-0.2, 0) is 5.41 Å². The van der Waals surface area contributed by atoms with Gasteiger partial charge in [0.25, 0.3) is 0 Å². The van der Waals surface area contributed by atoms with E-state index in [9.17, 15) is 0 Å². The first-order chi connectivity index (χ1) is 17.4. The van der Waals surface area contributed by atoms with Crippen molar-refractivity contribution >= 4 is 43.7 Å². The van der Waals surface area contributed by atoms with Gasteiger partial charge in [0.15, 0.2) is 0 Å². The molecule has 9 heteroatoms. The van der Waals surface area contributed by atoms with Crippen molar-refractivity contribution < 1.29 is 0 Å². The Morgan fingerprint density at radius 3 is 2.19 bits per heavy atom. The summed E-state index contributed by atoms with van der Waals surface area (Å²) in [6.45, 7) is 8.35. The van der Waals surface area contributed by atoms with Gasteiger partial charge in [-0.25, -0.2) is 0 Å². The van der Waals surface area contributed by atoms with Gasteiger partial charge in [-0.3, -0.25) is 10.1 Å². The van der Waals surface area contributed by atoms with Crippen molar-refractivity contribution in [1.82, 2.24) is 14.9 Å². The maximum atomic E-state index is 6.28. The number of nitrogens with zero attached hydrogens (tertiary/aromatic N) is 2. The SMILES string of the molecule is C.C=NC.CC(=N)N.CNC1CCCCC(N2CCC3(CC2)CNc2ccccc23)CC1.CNS.CS. The van der Waals surface area contributed by atoms with E-state index in [1.165, 1.54) is 77.1 Å². The van der Waals surface area contributed by atoms with Gasteiger partial charge in [0.2, 0.25) is 0 Å². The smallest absolute Gasteiger partial charge is 0.0873 e. The normalized spacial score (nSPS) is 21.4. The molecule has 1 saturated heterocycles. The molecule has 4 rings (SSSR count). The molecule has 2 unspecified atom stereocenters. The number of benzene rings is 1. The summed E-state index contributed by atoms with van der Waals surface area (Å²) in [5, 5.41) is 13.5. The fourth-order valence-electron chi connectivity index (χ4n) is 5.33. The average Bonchev–Trinajstić information content (AvgIpc) is 3.20. The third-order valence-electron chi connectivity index (χ3n) is 6.98. The zero-order chi connectivity index (χ0) is 27.4. The molecule has 2 heterocycles. The molecule has 6 N–H and O–H groups in total. The Kier molecular flexibility index (Phi) is 23.2. The summed E-state index contributed by atoms with van der Waals surface area (Å²) in [5.41, 5.74) is 8.06. The fraction of sp³-hybridized carbons (Fsp3) is 0.714. The van der Waals surface area contributed by atoms with Crippen LogP contribution in [0, 0.1) is 5.41 Å². The van der Waals surface area contributed by atoms with Crippen LogP contribution in [0.25, 0.3) is 0 Å². The third kappa shape index (κ3) is 13.9. The Morgan fingerprint density at radius 2 is 1.65 bits per heavy atom. The zero-order valence-electron chi connectivity index (χ0n) is 23.3. The number of nitrogens with one attached hydrogen (secondary N) is 4. The van der Waals surface area contributed by atoms with Crippen molar-refractivity contribution in [3.63, 3.8) is 0 Å². The highest BCUT2D eigenvalue weighted by Gasteiger charge is 2.42. The second-order valence-electron chi connectivity index (χ2n) is 9.44. The van der Waals surface area contributed by atoms with E-state index in [0.29, 0.717) is 5.41 Å². The predicted molar refractivity (Wildman–Crippen MR) is 175 cm³/mol. The lowest BCUT2D eigenvalue weighted by atomic mass is 9.74. The molecule has 2 fully saturated rings. The number of para-hydroxylation sites is 1. The van der Waals surface area contributed by atoms with E-state index >= 15 is 0 Å². The fourth-order valence-corrected chi connectivity index (χ4v) is 5.33. The highest BCUT2D eigenvalue weighted by Crippen LogP contribution is 2.44. The van der Waals surface area contributed by atoms with Gasteiger partial charge in [-0.1, -0.05) is 51.3 Å². The molecule has 2 aliphatic heterocycles. The molecule has 216 valence electrons. The van der Waals surface area contributed by atoms with E-state index in [1.807, 2.05) is 0 Å². The maximum Gasteiger partial charge on any atom is 0.0873 e. The van der Waals surface area contributed by atoms with Crippen molar-refractivity contribution in [3.8, 4) is 0 Å². The molecule has 7 nitrogen and oxygen atoms in total. The maximum absolute atomic E-state index is 6.28. The molecule has 1 spiro atoms. The summed E-state index contributed by atoms with van der Waals surface area (Å²) in [7, 11) is 5.51. The van der Waals surface area contributed by atoms with E-state index < -0.39 is 0 Å². The number of likely N-dealkylation sites (tertiary alicyclic amines) is 1. The van der Waals surface area contributed by atoms with E-state index in [2.05, 4.69) is 88.7 Å². The summed E-state index contributed by atoms with van der Waals surface area (Å²) >= 11 is 7.07. The first kappa shape index (κ1) is 37.9. The largest absolute Gasteiger partial charge is 0.388 e. The highest BCUT2D eigenvalue weighted by molar-refractivity contribution is 7.79. The minimum absolute atomic E-state index is 0. The molecule has 1 aromatic rings. The first-order valence-corrected chi connectivity index (χ1v) is 14.4. The summed E-state index contributed by atoms with van der Waals surface area (Å²) in [6.07, 6.45) is 12.7. The highest BCUT2D eigenvalue weighted by atomic mass is 32.1. The molecule has 1 saturated carbocycles. The molecule has 0 bridgehead atoms. The van der Waals surface area contributed by atoms with Crippen molar-refractivity contribution in [2.24, 2.45) is 10.7 Å². The molecular weight excluding hydrogens is 498 g/mol. The van der Waals surface area contributed by atoms with E-state index in [4.69, 9.17) is 11.1 Å². The van der Waals surface area contributed by atoms with Crippen LogP contribution in [0.2, 0.25) is 0 Å². The summed E-state index contributed by atoms with van der Waals surface area (Å²) in [6, 6.07) is 10.6. The van der Waals surface area contributed by atoms with Crippen molar-refractivity contribution in [1.29, 1.82) is 5.41 Å². The van der Waals surface area contributed by atoms with Crippen LogP contribution in [0.15, 0.2) is 29.3 Å². The van der Waals surface area contributed by atoms with Crippen LogP contribution >= 0.6 is 25.4 Å². The number of aliphatic imine (C=N–C) groups is 1. The lowest BCUT2D eigenvalue weighted by Crippen LogP contribution is -2.48. The number of hydrogen-bond acceptors (Lipinski definition) is 8. The summed E-state index contributed by atoms with van der Waals surface area (Å²) < 4.78 is 2.44. The number of thiol groups is 2. The van der Waals surface area contributed by atoms with Crippen molar-refractivity contribution in [2.75, 3.05) is 52.3 Å². The van der Waals surface area contributed by atoms with Crippen LogP contribution in [0.1, 0.15) is 71.3 Å². The number of fused-ring (bicyclic) bond motifs is 2. The van der Waals surface area contributed by atoms with Gasteiger partial charge in [-0.05, 0) is 97.2 Å². The minimum atomic E-state index is 0. The lowest BCUT2D eigenvalue weighted by Gasteiger charge is -2.43. The molecule has 2 atom stereocenters. The quantitative estimate of drug-likeness (QED) is 0.154. The predicted octanol–water partition coefficient (Wildman–Crippen LogP) is 5.25. The zero-order valence-corrected chi connectivity index (χ0v) is 25.1. The Bertz CT molecular complexity index is 706. The molecule has 1 aromatic carbocycles. The second-order valence-corrected chi connectivity index (χ2v) is 9.89. The van der Waals surface area contributed by atoms with Crippen LogP contribution in [-0.4, -0.2) is 76.6 Å². The summed E-state index contributed by atoms with van der Waals surface area (Å²) in [4.78, 5) is 6.07. The molecule has 37 heavy (non-hydrogen) atoms. The number of anilines is 1. The van der Waals surface area contributed by atoms with Gasteiger partial charge >= 0.3 is 0 Å². The van der Waals surface area contributed by atoms with Gasteiger partial charge in [0.05, 0.1) is 5.84 Å². The Hall–Kier alpha value is -1.26. The van der Waals surface area contributed by atoms with Crippen LogP contribution in [0.3, 0.4) is 0 Å². The average molecular weight is 556 g/mol. The number of hydrogen-bond donors (Lipinski definition) is 7. The van der Waals surface area contributed by atoms with Gasteiger partial charge in [-0.15, -0.1) is 0 Å². The van der Waals surface area contributed by atoms with Gasteiger partial charge in [0, 0.05) is 36.8 Å². The van der Waals surface area contributed by atoms with Gasteiger partial charge in [0.1, 0.15) is 0 Å². The summed E-state index contributed by atoms with van der Waals surface area (Å²) in [5.74, 6) is 0.167. The molecule has 0 aromatic heterocycles. The van der Waals surface area contributed by atoms with Crippen LogP contribution < -0.4 is 21.1 Å². The molecular formula is C28H57N7S2. The van der Waals surface area contributed by atoms with Crippen molar-refractivity contribution in [2.45, 2.75) is 83.2 Å². The molecule has 0 radical (unpaired) electrons. The number of nitrogens with two attached hydrogens (primary N) is 1. The molecule has 3 aliphatic rings. The van der Waals surface area contributed by atoms with E-state index in [-0.39, 0.29) is 13.3 Å². The first-order valence-electron chi connectivity index (χ1n) is 13.0. The standard InChI is InChI=1S/C21H33N3.C2H6N2.C2H5N.CH5NS.CH4S.CH4/c1-22-17-6-2-3-7-18(11-10-17)24-14-12-21(13-15-24)16-23-20-9-5-4-8-19(20)21;1-2(3)4;1-3-2;1-2-3;1-2;/h4-5,8-9,17-18,22-23H,2-3,6-7,10-16H2,1H3;1H3,(H3,3,4);1H2,2H3;2-3H,1H3;2H,1H3;1H4. The monoisotopic (exact) mass is 555 g/mol. The topological polar surface area (TPSA) is 102 Å². The Morgan fingerprint density at radius 1 is 1.14 bits per heavy atom. The lowest BCUT2D eigenvalue weighted by molar-refractivity contribution is 0.102. The second kappa shape index (κ2) is 22.7. The van der Waals surface area contributed by atoms with Crippen molar-refractivity contribution in [3.05, 3.63) is 29.8 Å². The minimum Gasteiger partial charge on any atom is -0.388 e.